The summed E-state index contributed by atoms with van der Waals surface area (Å²) in [5, 5.41) is 0. The third-order valence-electron chi connectivity index (χ3n) is 6.23. The number of methoxy groups -OCH3 is 1. The van der Waals surface area contributed by atoms with E-state index in [9.17, 15) is 0 Å². The Morgan fingerprint density at radius 3 is 2.14 bits per heavy atom. The van der Waals surface area contributed by atoms with Gasteiger partial charge in [-0.05, 0) is 30.6 Å². The Morgan fingerprint density at radius 1 is 0.864 bits per heavy atom. The molecule has 0 amide bonds. The highest BCUT2D eigenvalue weighted by Crippen LogP contribution is 2.36. The van der Waals surface area contributed by atoms with Crippen LogP contribution in [0.5, 0.6) is 0 Å². The molecule has 0 N–H and O–H groups in total. The summed E-state index contributed by atoms with van der Waals surface area (Å²) >= 11 is 0. The summed E-state index contributed by atoms with van der Waals surface area (Å²) in [5.41, 5.74) is 0. The van der Waals surface area contributed by atoms with Crippen molar-refractivity contribution in [3.8, 4) is 0 Å². The lowest BCUT2D eigenvalue weighted by Crippen LogP contribution is -2.48. The van der Waals surface area contributed by atoms with Gasteiger partial charge >= 0.3 is 0 Å². The molecule has 0 saturated carbocycles. The van der Waals surface area contributed by atoms with Crippen molar-refractivity contribution in [3.05, 3.63) is 0 Å². The van der Waals surface area contributed by atoms with E-state index in [4.69, 9.17) is 18.9 Å². The molecule has 4 nitrogen and oxygen atoms in total. The standard InChI is InChI=1S/C18H34O4/c1-10-8-17(21-15(6)11(10)2)20-9-16-13(4)12(3)14(5)18(19-7)22-16/h10-18H,8-9H2,1-7H3/t10?,11-,12?,13+,14+,15?,16?,17+,18+/m1/s1. The Bertz CT molecular complexity index is 334. The molecule has 2 rings (SSSR count). The minimum absolute atomic E-state index is 0.0738. The van der Waals surface area contributed by atoms with Gasteiger partial charge in [-0.3, -0.25) is 0 Å². The fourth-order valence-corrected chi connectivity index (χ4v) is 3.66. The van der Waals surface area contributed by atoms with Crippen LogP contribution in [0.3, 0.4) is 0 Å². The summed E-state index contributed by atoms with van der Waals surface area (Å²) in [6.07, 6.45) is 1.05. The minimum atomic E-state index is -0.134. The number of hydrogen-bond acceptors (Lipinski definition) is 4. The molecular formula is C18H34O4. The van der Waals surface area contributed by atoms with E-state index in [-0.39, 0.29) is 24.8 Å². The Balaban J connectivity index is 1.88. The van der Waals surface area contributed by atoms with Crippen LogP contribution in [0.2, 0.25) is 0 Å². The van der Waals surface area contributed by atoms with E-state index in [1.54, 1.807) is 7.11 Å². The zero-order valence-electron chi connectivity index (χ0n) is 15.2. The predicted octanol–water partition coefficient (Wildman–Crippen LogP) is 3.69. The van der Waals surface area contributed by atoms with E-state index in [2.05, 4.69) is 41.5 Å². The number of ether oxygens (including phenoxy) is 4. The molecule has 0 bridgehead atoms. The van der Waals surface area contributed by atoms with Gasteiger partial charge in [-0.25, -0.2) is 0 Å². The van der Waals surface area contributed by atoms with Gasteiger partial charge in [-0.15, -0.1) is 0 Å². The van der Waals surface area contributed by atoms with Crippen LogP contribution in [-0.2, 0) is 18.9 Å². The highest BCUT2D eigenvalue weighted by Gasteiger charge is 2.40. The van der Waals surface area contributed by atoms with Gasteiger partial charge < -0.3 is 18.9 Å². The smallest absolute Gasteiger partial charge is 0.160 e. The Kier molecular flexibility index (Phi) is 6.29. The predicted molar refractivity (Wildman–Crippen MR) is 86.4 cm³/mol. The van der Waals surface area contributed by atoms with Crippen molar-refractivity contribution in [1.82, 2.24) is 0 Å². The molecule has 0 aliphatic carbocycles. The first kappa shape index (κ1) is 18.2. The monoisotopic (exact) mass is 314 g/mol. The molecule has 0 spiro atoms. The highest BCUT2D eigenvalue weighted by molar-refractivity contribution is 4.83. The zero-order chi connectivity index (χ0) is 16.4. The average Bonchev–Trinajstić information content (AvgIpc) is 2.49. The summed E-state index contributed by atoms with van der Waals surface area (Å²) in [6.45, 7) is 14.0. The van der Waals surface area contributed by atoms with Gasteiger partial charge in [0.2, 0.25) is 0 Å². The Hall–Kier alpha value is -0.160. The third kappa shape index (κ3) is 3.84. The minimum Gasteiger partial charge on any atom is -0.356 e. The van der Waals surface area contributed by atoms with Crippen LogP contribution in [0.15, 0.2) is 0 Å². The van der Waals surface area contributed by atoms with Crippen LogP contribution in [0.4, 0.5) is 0 Å². The van der Waals surface area contributed by atoms with Gasteiger partial charge in [0.25, 0.3) is 0 Å². The molecule has 0 aromatic heterocycles. The number of rotatable bonds is 4. The largest absolute Gasteiger partial charge is 0.356 e. The van der Waals surface area contributed by atoms with Gasteiger partial charge in [0.05, 0.1) is 18.8 Å². The van der Waals surface area contributed by atoms with Crippen LogP contribution < -0.4 is 0 Å². The first-order valence-corrected chi connectivity index (χ1v) is 8.80. The lowest BCUT2D eigenvalue weighted by Gasteiger charge is -2.44. The van der Waals surface area contributed by atoms with Crippen molar-refractivity contribution in [3.63, 3.8) is 0 Å². The maximum atomic E-state index is 6.09. The Morgan fingerprint density at radius 2 is 1.55 bits per heavy atom. The normalized spacial score (nSPS) is 50.0. The van der Waals surface area contributed by atoms with E-state index in [1.165, 1.54) is 0 Å². The molecule has 4 heteroatoms. The van der Waals surface area contributed by atoms with Crippen LogP contribution >= 0.6 is 0 Å². The van der Waals surface area contributed by atoms with Crippen molar-refractivity contribution < 1.29 is 18.9 Å². The zero-order valence-corrected chi connectivity index (χ0v) is 15.2. The lowest BCUT2D eigenvalue weighted by atomic mass is 9.79. The molecule has 2 saturated heterocycles. The molecule has 22 heavy (non-hydrogen) atoms. The molecule has 0 radical (unpaired) electrons. The topological polar surface area (TPSA) is 36.9 Å². The molecule has 0 aromatic carbocycles. The molecule has 130 valence electrons. The van der Waals surface area contributed by atoms with Crippen LogP contribution in [0.1, 0.15) is 48.0 Å². The summed E-state index contributed by atoms with van der Waals surface area (Å²) in [4.78, 5) is 0. The molecule has 0 aromatic rings. The van der Waals surface area contributed by atoms with Crippen molar-refractivity contribution in [2.75, 3.05) is 13.7 Å². The van der Waals surface area contributed by atoms with Crippen LogP contribution in [0, 0.1) is 29.6 Å². The van der Waals surface area contributed by atoms with E-state index in [1.807, 2.05) is 0 Å². The van der Waals surface area contributed by atoms with E-state index >= 15 is 0 Å². The summed E-state index contributed by atoms with van der Waals surface area (Å²) < 4.78 is 23.6. The molecule has 9 atom stereocenters. The Labute approximate surface area is 135 Å². The van der Waals surface area contributed by atoms with Gasteiger partial charge in [0.15, 0.2) is 12.6 Å². The van der Waals surface area contributed by atoms with E-state index in [0.29, 0.717) is 36.2 Å². The second kappa shape index (κ2) is 7.61. The SMILES string of the molecule is CO[C@H]1OC(CO[C@@H]2CC(C)[C@@H](C)C(C)O2)[C@@H](C)C(C)[C@@H]1C. The summed E-state index contributed by atoms with van der Waals surface area (Å²) in [6, 6.07) is 0. The molecule has 2 aliphatic heterocycles. The van der Waals surface area contributed by atoms with Crippen LogP contribution in [-0.4, -0.2) is 38.5 Å². The van der Waals surface area contributed by atoms with Crippen LogP contribution in [0.25, 0.3) is 0 Å². The molecule has 2 aliphatic rings. The van der Waals surface area contributed by atoms with Crippen molar-refractivity contribution in [2.45, 2.75) is 72.8 Å². The van der Waals surface area contributed by atoms with E-state index in [0.717, 1.165) is 6.42 Å². The lowest BCUT2D eigenvalue weighted by molar-refractivity contribution is -0.272. The van der Waals surface area contributed by atoms with Gasteiger partial charge in [0, 0.05) is 19.4 Å². The van der Waals surface area contributed by atoms with Crippen molar-refractivity contribution >= 4 is 0 Å². The first-order chi connectivity index (χ1) is 10.3. The molecular weight excluding hydrogens is 280 g/mol. The van der Waals surface area contributed by atoms with Crippen molar-refractivity contribution in [2.24, 2.45) is 29.6 Å². The second-order valence-electron chi connectivity index (χ2n) is 7.53. The summed E-state index contributed by atoms with van der Waals surface area (Å²) in [5.74, 6) is 2.63. The quantitative estimate of drug-likeness (QED) is 0.793. The summed E-state index contributed by atoms with van der Waals surface area (Å²) in [7, 11) is 1.72. The first-order valence-electron chi connectivity index (χ1n) is 8.80. The van der Waals surface area contributed by atoms with Gasteiger partial charge in [-0.2, -0.15) is 0 Å². The maximum absolute atomic E-state index is 6.09. The molecule has 2 fully saturated rings. The van der Waals surface area contributed by atoms with E-state index < -0.39 is 0 Å². The van der Waals surface area contributed by atoms with Gasteiger partial charge in [0.1, 0.15) is 0 Å². The molecule has 2 heterocycles. The average molecular weight is 314 g/mol. The maximum Gasteiger partial charge on any atom is 0.160 e. The number of hydrogen-bond donors (Lipinski definition) is 0. The van der Waals surface area contributed by atoms with Gasteiger partial charge in [-0.1, -0.05) is 34.6 Å². The third-order valence-corrected chi connectivity index (χ3v) is 6.23. The second-order valence-corrected chi connectivity index (χ2v) is 7.53. The fraction of sp³-hybridized carbons (Fsp3) is 1.00. The van der Waals surface area contributed by atoms with Crippen molar-refractivity contribution in [1.29, 1.82) is 0 Å². The fourth-order valence-electron chi connectivity index (χ4n) is 3.66. The molecule has 4 unspecified atom stereocenters. The highest BCUT2D eigenvalue weighted by atomic mass is 16.7.